The van der Waals surface area contributed by atoms with Crippen LogP contribution in [0.15, 0.2) is 18.2 Å². The number of ether oxygens (including phenoxy) is 1. The first-order valence-corrected chi connectivity index (χ1v) is 13.7. The third-order valence-electron chi connectivity index (χ3n) is 6.44. The molecular weight excluding hydrogens is 466 g/mol. The van der Waals surface area contributed by atoms with Crippen LogP contribution < -0.4 is 10.6 Å². The molecule has 3 atom stereocenters. The lowest BCUT2D eigenvalue weighted by Gasteiger charge is -2.38. The van der Waals surface area contributed by atoms with Crippen molar-refractivity contribution < 1.29 is 19.1 Å². The predicted molar refractivity (Wildman–Crippen MR) is 150 cm³/mol. The van der Waals surface area contributed by atoms with E-state index in [0.717, 1.165) is 36.0 Å². The summed E-state index contributed by atoms with van der Waals surface area (Å²) in [7, 11) is 0. The Labute approximate surface area is 225 Å². The molecule has 0 saturated heterocycles. The molecule has 0 aliphatic rings. The average molecular weight is 518 g/mol. The van der Waals surface area contributed by atoms with Crippen molar-refractivity contribution in [3.05, 3.63) is 34.9 Å². The van der Waals surface area contributed by atoms with Crippen molar-refractivity contribution in [3.63, 3.8) is 0 Å². The Morgan fingerprint density at radius 2 is 1.62 bits per heavy atom. The number of aryl methyl sites for hydroxylation is 1. The predicted octanol–water partition coefficient (Wildman–Crippen LogP) is 6.22. The van der Waals surface area contributed by atoms with Gasteiger partial charge < -0.3 is 20.3 Å². The summed E-state index contributed by atoms with van der Waals surface area (Å²) < 4.78 is 5.48. The lowest BCUT2D eigenvalue weighted by atomic mass is 9.92. The Bertz CT molecular complexity index is 914. The molecule has 0 aliphatic heterocycles. The van der Waals surface area contributed by atoms with E-state index in [9.17, 15) is 14.4 Å². The SMILES string of the molecule is CCCCCN(C(=O)C(NC(=O)OC(C)(C)C)C(C)CC)C(C(=O)NC(C)(C)C)c1cccc(C)c1C. The van der Waals surface area contributed by atoms with Crippen LogP contribution >= 0.6 is 0 Å². The Balaban J connectivity index is 3.64. The molecule has 7 nitrogen and oxygen atoms in total. The second-order valence-electron chi connectivity index (χ2n) is 12.2. The van der Waals surface area contributed by atoms with Gasteiger partial charge in [0.25, 0.3) is 0 Å². The van der Waals surface area contributed by atoms with Crippen molar-refractivity contribution >= 4 is 17.9 Å². The number of carbonyl (C=O) groups excluding carboxylic acids is 3. The number of unbranched alkanes of at least 4 members (excludes halogenated alkanes) is 2. The average Bonchev–Trinajstić information content (AvgIpc) is 2.76. The van der Waals surface area contributed by atoms with Gasteiger partial charge in [-0.3, -0.25) is 9.59 Å². The van der Waals surface area contributed by atoms with Gasteiger partial charge in [0, 0.05) is 12.1 Å². The Morgan fingerprint density at radius 3 is 2.14 bits per heavy atom. The van der Waals surface area contributed by atoms with Crippen molar-refractivity contribution in [1.29, 1.82) is 0 Å². The number of rotatable bonds is 11. The van der Waals surface area contributed by atoms with Gasteiger partial charge in [-0.2, -0.15) is 0 Å². The summed E-state index contributed by atoms with van der Waals surface area (Å²) in [4.78, 5) is 42.6. The summed E-state index contributed by atoms with van der Waals surface area (Å²) in [6.45, 7) is 21.6. The summed E-state index contributed by atoms with van der Waals surface area (Å²) in [6.07, 6.45) is 2.71. The summed E-state index contributed by atoms with van der Waals surface area (Å²) in [5.41, 5.74) is 1.66. The Kier molecular flexibility index (Phi) is 12.1. The van der Waals surface area contributed by atoms with E-state index in [0.29, 0.717) is 13.0 Å². The van der Waals surface area contributed by atoms with E-state index in [-0.39, 0.29) is 17.7 Å². The molecule has 2 N–H and O–H groups in total. The van der Waals surface area contributed by atoms with Gasteiger partial charge >= 0.3 is 6.09 Å². The lowest BCUT2D eigenvalue weighted by Crippen LogP contribution is -2.56. The molecule has 210 valence electrons. The zero-order valence-corrected chi connectivity index (χ0v) is 25.1. The van der Waals surface area contributed by atoms with Gasteiger partial charge in [-0.25, -0.2) is 4.79 Å². The second kappa shape index (κ2) is 13.8. The smallest absolute Gasteiger partial charge is 0.408 e. The number of hydrogen-bond acceptors (Lipinski definition) is 4. The van der Waals surface area contributed by atoms with Crippen molar-refractivity contribution in [2.24, 2.45) is 5.92 Å². The fourth-order valence-electron chi connectivity index (χ4n) is 4.15. The minimum absolute atomic E-state index is 0.154. The fourth-order valence-corrected chi connectivity index (χ4v) is 4.15. The van der Waals surface area contributed by atoms with Crippen LogP contribution in [0.2, 0.25) is 0 Å². The Hall–Kier alpha value is -2.57. The Morgan fingerprint density at radius 1 is 1.00 bits per heavy atom. The molecule has 0 aromatic heterocycles. The molecule has 0 saturated carbocycles. The van der Waals surface area contributed by atoms with Gasteiger partial charge in [0.2, 0.25) is 11.8 Å². The van der Waals surface area contributed by atoms with E-state index < -0.39 is 29.3 Å². The van der Waals surface area contributed by atoms with Crippen LogP contribution in [0.1, 0.15) is 111 Å². The maximum absolute atomic E-state index is 14.3. The topological polar surface area (TPSA) is 87.7 Å². The van der Waals surface area contributed by atoms with Crippen LogP contribution in [-0.2, 0) is 14.3 Å². The van der Waals surface area contributed by atoms with Crippen LogP contribution in [0, 0.1) is 19.8 Å². The van der Waals surface area contributed by atoms with Gasteiger partial charge in [-0.05, 0) is 84.4 Å². The number of alkyl carbamates (subject to hydrolysis) is 1. The number of benzene rings is 1. The first kappa shape index (κ1) is 32.5. The van der Waals surface area contributed by atoms with Gasteiger partial charge in [0.1, 0.15) is 17.7 Å². The van der Waals surface area contributed by atoms with Crippen LogP contribution in [0.25, 0.3) is 0 Å². The second-order valence-corrected chi connectivity index (χ2v) is 12.2. The molecule has 37 heavy (non-hydrogen) atoms. The molecule has 0 bridgehead atoms. The summed E-state index contributed by atoms with van der Waals surface area (Å²) in [5.74, 6) is -0.656. The maximum atomic E-state index is 14.3. The number of carbonyl (C=O) groups is 3. The van der Waals surface area contributed by atoms with Crippen molar-refractivity contribution in [1.82, 2.24) is 15.5 Å². The van der Waals surface area contributed by atoms with E-state index in [1.807, 2.05) is 66.7 Å². The highest BCUT2D eigenvalue weighted by Crippen LogP contribution is 2.29. The molecule has 0 spiro atoms. The third-order valence-corrected chi connectivity index (χ3v) is 6.44. The molecule has 1 rings (SSSR count). The molecule has 1 aromatic carbocycles. The summed E-state index contributed by atoms with van der Waals surface area (Å²) >= 11 is 0. The molecular formula is C30H51N3O4. The monoisotopic (exact) mass is 517 g/mol. The van der Waals surface area contributed by atoms with Crippen molar-refractivity contribution in [2.75, 3.05) is 6.54 Å². The van der Waals surface area contributed by atoms with Crippen molar-refractivity contribution in [3.8, 4) is 0 Å². The molecule has 0 fully saturated rings. The van der Waals surface area contributed by atoms with Gasteiger partial charge in [0.15, 0.2) is 0 Å². The van der Waals surface area contributed by atoms with Crippen LogP contribution in [0.5, 0.6) is 0 Å². The number of amides is 3. The van der Waals surface area contributed by atoms with Gasteiger partial charge in [-0.1, -0.05) is 58.2 Å². The van der Waals surface area contributed by atoms with Crippen LogP contribution in [0.4, 0.5) is 4.79 Å². The first-order chi connectivity index (χ1) is 17.0. The van der Waals surface area contributed by atoms with Crippen LogP contribution in [-0.4, -0.2) is 46.5 Å². The van der Waals surface area contributed by atoms with E-state index >= 15 is 0 Å². The van der Waals surface area contributed by atoms with Crippen molar-refractivity contribution in [2.45, 2.75) is 125 Å². The molecule has 3 amide bonds. The summed E-state index contributed by atoms with van der Waals surface area (Å²) in [5, 5.41) is 5.93. The maximum Gasteiger partial charge on any atom is 0.408 e. The van der Waals surface area contributed by atoms with E-state index in [1.165, 1.54) is 0 Å². The number of nitrogens with one attached hydrogen (secondary N) is 2. The van der Waals surface area contributed by atoms with Gasteiger partial charge in [0.05, 0.1) is 0 Å². The fraction of sp³-hybridized carbons (Fsp3) is 0.700. The highest BCUT2D eigenvalue weighted by atomic mass is 16.6. The third kappa shape index (κ3) is 10.4. The zero-order valence-electron chi connectivity index (χ0n) is 25.1. The highest BCUT2D eigenvalue weighted by molar-refractivity contribution is 5.92. The van der Waals surface area contributed by atoms with E-state index in [4.69, 9.17) is 4.74 Å². The molecule has 1 aromatic rings. The molecule has 0 radical (unpaired) electrons. The largest absolute Gasteiger partial charge is 0.444 e. The quantitative estimate of drug-likeness (QED) is 0.341. The summed E-state index contributed by atoms with van der Waals surface area (Å²) in [6, 6.07) is 4.21. The molecule has 3 unspecified atom stereocenters. The molecule has 7 heteroatoms. The normalized spacial score (nSPS) is 14.4. The zero-order chi connectivity index (χ0) is 28.6. The standard InChI is InChI=1S/C30H51N3O4/c1-12-14-15-19-33(27(35)24(20(3)13-2)31-28(36)37-30(9,10)11)25(26(34)32-29(6,7)8)23-18-16-17-21(4)22(23)5/h16-18,20,24-25H,12-15,19H2,1-11H3,(H,31,36)(H,32,34). The minimum Gasteiger partial charge on any atom is -0.444 e. The van der Waals surface area contributed by atoms with E-state index in [1.54, 1.807) is 25.7 Å². The van der Waals surface area contributed by atoms with Crippen LogP contribution in [0.3, 0.4) is 0 Å². The first-order valence-electron chi connectivity index (χ1n) is 13.7. The highest BCUT2D eigenvalue weighted by Gasteiger charge is 2.39. The van der Waals surface area contributed by atoms with Gasteiger partial charge in [-0.15, -0.1) is 0 Å². The number of hydrogen-bond donors (Lipinski definition) is 2. The molecule has 0 aliphatic carbocycles. The van der Waals surface area contributed by atoms with E-state index in [2.05, 4.69) is 17.6 Å². The number of nitrogens with zero attached hydrogens (tertiary/aromatic N) is 1. The minimum atomic E-state index is -0.824. The lowest BCUT2D eigenvalue weighted by molar-refractivity contribution is -0.144. The molecule has 0 heterocycles.